The third-order valence-electron chi connectivity index (χ3n) is 5.19. The Bertz CT molecular complexity index is 192. The van der Waals surface area contributed by atoms with E-state index in [2.05, 4.69) is 20.8 Å². The summed E-state index contributed by atoms with van der Waals surface area (Å²) in [4.78, 5) is 0. The van der Waals surface area contributed by atoms with Crippen molar-refractivity contribution in [2.45, 2.75) is 65.7 Å². The highest BCUT2D eigenvalue weighted by atomic mass is 14.6. The van der Waals surface area contributed by atoms with E-state index < -0.39 is 0 Å². The van der Waals surface area contributed by atoms with Gasteiger partial charge in [-0.1, -0.05) is 52.9 Å². The lowest BCUT2D eigenvalue weighted by Gasteiger charge is -2.22. The lowest BCUT2D eigenvalue weighted by atomic mass is 9.84. The number of rotatable bonds is 6. The molecule has 0 aromatic carbocycles. The lowest BCUT2D eigenvalue weighted by Crippen LogP contribution is -2.13. The molecule has 0 aliphatic heterocycles. The van der Waals surface area contributed by atoms with E-state index in [0.29, 0.717) is 0 Å². The molecule has 0 radical (unpaired) electrons. The Hall–Kier alpha value is 0. The summed E-state index contributed by atoms with van der Waals surface area (Å²) in [5, 5.41) is 0. The molecule has 2 fully saturated rings. The Morgan fingerprint density at radius 2 is 1.93 bits per heavy atom. The molecule has 0 nitrogen and oxygen atoms in total. The molecular weight excluding hydrogens is 180 g/mol. The smallest absolute Gasteiger partial charge is 0.0321 e. The summed E-state index contributed by atoms with van der Waals surface area (Å²) in [5.41, 5.74) is 0. The lowest BCUT2D eigenvalue weighted by molar-refractivity contribution is 0.283. The minimum Gasteiger partial charge on any atom is -0.0654 e. The summed E-state index contributed by atoms with van der Waals surface area (Å²) in [7, 11) is 0. The van der Waals surface area contributed by atoms with Crippen LogP contribution in [0.5, 0.6) is 0 Å². The molecule has 5 atom stereocenters. The van der Waals surface area contributed by atoms with E-state index in [1.165, 1.54) is 32.1 Å². The van der Waals surface area contributed by atoms with Crippen molar-refractivity contribution in [3.63, 3.8) is 0 Å². The molecule has 15 heavy (non-hydrogen) atoms. The number of hydrogen-bond acceptors (Lipinski definition) is 0. The highest BCUT2D eigenvalue weighted by Gasteiger charge is 2.57. The molecule has 0 N–H and O–H groups in total. The minimum absolute atomic E-state index is 1.02. The highest BCUT2D eigenvalue weighted by molar-refractivity contribution is 5.05. The zero-order valence-corrected chi connectivity index (χ0v) is 10.8. The fourth-order valence-corrected chi connectivity index (χ4v) is 4.26. The summed E-state index contributed by atoms with van der Waals surface area (Å²) in [6.07, 6.45) is 10.4. The molecule has 0 heterocycles. The topological polar surface area (TPSA) is 0 Å². The van der Waals surface area contributed by atoms with Crippen LogP contribution >= 0.6 is 0 Å². The summed E-state index contributed by atoms with van der Waals surface area (Å²) in [5.74, 6) is 5.58. The van der Waals surface area contributed by atoms with E-state index in [1.54, 1.807) is 12.8 Å². The van der Waals surface area contributed by atoms with Crippen molar-refractivity contribution in [1.29, 1.82) is 0 Å². The van der Waals surface area contributed by atoms with Crippen LogP contribution in [0.2, 0.25) is 0 Å². The van der Waals surface area contributed by atoms with Crippen LogP contribution in [-0.2, 0) is 0 Å². The largest absolute Gasteiger partial charge is 0.0654 e. The van der Waals surface area contributed by atoms with Gasteiger partial charge in [0, 0.05) is 0 Å². The molecule has 2 aliphatic carbocycles. The summed E-state index contributed by atoms with van der Waals surface area (Å²) in [6, 6.07) is 0. The molecule has 0 bridgehead atoms. The van der Waals surface area contributed by atoms with Gasteiger partial charge in [0.15, 0.2) is 0 Å². The molecule has 0 aromatic rings. The normalized spacial score (nSPS) is 40.2. The Morgan fingerprint density at radius 1 is 1.13 bits per heavy atom. The molecule has 0 aromatic heterocycles. The first-order valence-electron chi connectivity index (χ1n) is 7.29. The van der Waals surface area contributed by atoms with Crippen molar-refractivity contribution in [3.8, 4) is 0 Å². The van der Waals surface area contributed by atoms with E-state index in [9.17, 15) is 0 Å². The van der Waals surface area contributed by atoms with E-state index in [-0.39, 0.29) is 0 Å². The minimum atomic E-state index is 1.02. The molecule has 2 aliphatic rings. The highest BCUT2D eigenvalue weighted by Crippen LogP contribution is 2.63. The van der Waals surface area contributed by atoms with Crippen molar-refractivity contribution in [1.82, 2.24) is 0 Å². The molecule has 0 saturated heterocycles. The Labute approximate surface area is 95.8 Å². The zero-order chi connectivity index (χ0) is 10.8. The molecule has 0 spiro atoms. The van der Waals surface area contributed by atoms with Crippen molar-refractivity contribution in [2.24, 2.45) is 29.6 Å². The first kappa shape index (κ1) is 11.5. The van der Waals surface area contributed by atoms with Gasteiger partial charge in [0.25, 0.3) is 0 Å². The van der Waals surface area contributed by atoms with Gasteiger partial charge in [0.05, 0.1) is 0 Å². The van der Waals surface area contributed by atoms with E-state index in [4.69, 9.17) is 0 Å². The van der Waals surface area contributed by atoms with Crippen molar-refractivity contribution in [3.05, 3.63) is 0 Å². The molecule has 2 saturated carbocycles. The number of hydrogen-bond donors (Lipinski definition) is 0. The average Bonchev–Trinajstić information content (AvgIpc) is 2.76. The standard InChI is InChI=1S/C15H28/c1-4-6-7-8-11(3)13-9-10-14-12(5-2)15(13)14/h11-15H,4-10H2,1-3H3. The molecule has 5 unspecified atom stereocenters. The Kier molecular flexibility index (Phi) is 3.74. The predicted octanol–water partition coefficient (Wildman–Crippen LogP) is 4.89. The maximum absolute atomic E-state index is 2.52. The monoisotopic (exact) mass is 208 g/mol. The third kappa shape index (κ3) is 2.24. The third-order valence-corrected chi connectivity index (χ3v) is 5.19. The van der Waals surface area contributed by atoms with Crippen LogP contribution in [-0.4, -0.2) is 0 Å². The predicted molar refractivity (Wildman–Crippen MR) is 66.8 cm³/mol. The van der Waals surface area contributed by atoms with Crippen LogP contribution in [0.1, 0.15) is 65.7 Å². The first-order valence-corrected chi connectivity index (χ1v) is 7.29. The van der Waals surface area contributed by atoms with Gasteiger partial charge in [-0.05, 0) is 42.4 Å². The van der Waals surface area contributed by atoms with E-state index in [0.717, 1.165) is 29.6 Å². The van der Waals surface area contributed by atoms with Gasteiger partial charge in [-0.2, -0.15) is 0 Å². The second-order valence-electron chi connectivity index (χ2n) is 6.03. The summed E-state index contributed by atoms with van der Waals surface area (Å²) < 4.78 is 0. The van der Waals surface area contributed by atoms with Crippen molar-refractivity contribution >= 4 is 0 Å². The average molecular weight is 208 g/mol. The SMILES string of the molecule is CCCCCC(C)C1CCC2C(CC)C12. The van der Waals surface area contributed by atoms with Gasteiger partial charge in [0.1, 0.15) is 0 Å². The van der Waals surface area contributed by atoms with Crippen LogP contribution in [0.15, 0.2) is 0 Å². The zero-order valence-electron chi connectivity index (χ0n) is 10.8. The van der Waals surface area contributed by atoms with Crippen LogP contribution < -0.4 is 0 Å². The Morgan fingerprint density at radius 3 is 2.53 bits per heavy atom. The fourth-order valence-electron chi connectivity index (χ4n) is 4.26. The molecule has 88 valence electrons. The van der Waals surface area contributed by atoms with Crippen molar-refractivity contribution in [2.75, 3.05) is 0 Å². The van der Waals surface area contributed by atoms with E-state index >= 15 is 0 Å². The molecule has 0 amide bonds. The van der Waals surface area contributed by atoms with E-state index in [1.807, 2.05) is 0 Å². The summed E-state index contributed by atoms with van der Waals surface area (Å²) in [6.45, 7) is 7.22. The van der Waals surface area contributed by atoms with Gasteiger partial charge in [0.2, 0.25) is 0 Å². The maximum atomic E-state index is 2.52. The second-order valence-corrected chi connectivity index (χ2v) is 6.03. The Balaban J connectivity index is 1.74. The molecular formula is C15H28. The number of unbranched alkanes of at least 4 members (excludes halogenated alkanes) is 2. The first-order chi connectivity index (χ1) is 7.29. The van der Waals surface area contributed by atoms with Crippen molar-refractivity contribution < 1.29 is 0 Å². The van der Waals surface area contributed by atoms with Crippen LogP contribution in [0.3, 0.4) is 0 Å². The second kappa shape index (κ2) is 4.89. The quantitative estimate of drug-likeness (QED) is 0.545. The van der Waals surface area contributed by atoms with Gasteiger partial charge >= 0.3 is 0 Å². The van der Waals surface area contributed by atoms with Gasteiger partial charge in [-0.3, -0.25) is 0 Å². The van der Waals surface area contributed by atoms with Crippen LogP contribution in [0.25, 0.3) is 0 Å². The van der Waals surface area contributed by atoms with Gasteiger partial charge in [-0.15, -0.1) is 0 Å². The molecule has 0 heteroatoms. The van der Waals surface area contributed by atoms with Crippen LogP contribution in [0, 0.1) is 29.6 Å². The number of fused-ring (bicyclic) bond motifs is 1. The van der Waals surface area contributed by atoms with Gasteiger partial charge in [-0.25, -0.2) is 0 Å². The fraction of sp³-hybridized carbons (Fsp3) is 1.00. The molecule has 2 rings (SSSR count). The van der Waals surface area contributed by atoms with Crippen LogP contribution in [0.4, 0.5) is 0 Å². The maximum Gasteiger partial charge on any atom is -0.0321 e. The summed E-state index contributed by atoms with van der Waals surface area (Å²) >= 11 is 0. The van der Waals surface area contributed by atoms with Gasteiger partial charge < -0.3 is 0 Å².